The molecule has 1 unspecified atom stereocenters. The van der Waals surface area contributed by atoms with E-state index in [-0.39, 0.29) is 17.1 Å². The number of sulfone groups is 1. The third-order valence-electron chi connectivity index (χ3n) is 5.38. The number of fused-ring (bicyclic) bond motifs is 1. The number of benzene rings is 2. The summed E-state index contributed by atoms with van der Waals surface area (Å²) in [5, 5.41) is 9.67. The van der Waals surface area contributed by atoms with Crippen LogP contribution in [0.3, 0.4) is 0 Å². The van der Waals surface area contributed by atoms with E-state index in [1.165, 1.54) is 6.07 Å². The van der Waals surface area contributed by atoms with Crippen LogP contribution in [0.4, 0.5) is 0 Å². The van der Waals surface area contributed by atoms with Gasteiger partial charge in [0.1, 0.15) is 18.5 Å². The minimum absolute atomic E-state index is 0.00619. The van der Waals surface area contributed by atoms with Gasteiger partial charge in [-0.05, 0) is 23.8 Å². The highest BCUT2D eigenvalue weighted by molar-refractivity contribution is 7.90. The molecule has 0 radical (unpaired) electrons. The molecule has 174 valence electrons. The van der Waals surface area contributed by atoms with E-state index in [1.54, 1.807) is 67.6 Å². The van der Waals surface area contributed by atoms with Crippen molar-refractivity contribution in [2.75, 3.05) is 20.5 Å². The number of aromatic nitrogens is 2. The zero-order valence-electron chi connectivity index (χ0n) is 18.7. The van der Waals surface area contributed by atoms with Crippen LogP contribution in [0.5, 0.6) is 11.5 Å². The molecule has 4 rings (SSSR count). The van der Waals surface area contributed by atoms with Gasteiger partial charge in [0.2, 0.25) is 0 Å². The van der Waals surface area contributed by atoms with Gasteiger partial charge >= 0.3 is 0 Å². The van der Waals surface area contributed by atoms with Gasteiger partial charge in [0.15, 0.2) is 21.3 Å². The molecule has 3 aromatic rings. The first-order chi connectivity index (χ1) is 16.3. The van der Waals surface area contributed by atoms with Crippen LogP contribution in [0.2, 0.25) is 0 Å². The third kappa shape index (κ3) is 4.46. The molecule has 0 saturated heterocycles. The molecular formula is C24H21N3O5S2. The smallest absolute Gasteiger partial charge is 0.175 e. The number of hydrogen-bond donors (Lipinski definition) is 0. The van der Waals surface area contributed by atoms with Gasteiger partial charge in [0, 0.05) is 24.1 Å². The number of nitriles is 1. The van der Waals surface area contributed by atoms with Crippen molar-refractivity contribution >= 4 is 43.7 Å². The molecule has 1 atom stereocenters. The van der Waals surface area contributed by atoms with Crippen LogP contribution in [0.25, 0.3) is 16.7 Å². The molecule has 8 nitrogen and oxygen atoms in total. The molecule has 0 saturated carbocycles. The Morgan fingerprint density at radius 1 is 1.18 bits per heavy atom. The average Bonchev–Trinajstić information content (AvgIpc) is 3.24. The molecule has 0 N–H and O–H groups in total. The van der Waals surface area contributed by atoms with E-state index >= 15 is 0 Å². The fourth-order valence-corrected chi connectivity index (χ4v) is 4.89. The van der Waals surface area contributed by atoms with Crippen LogP contribution in [0.15, 0.2) is 65.3 Å². The van der Waals surface area contributed by atoms with Crippen molar-refractivity contribution in [3.63, 3.8) is 0 Å². The summed E-state index contributed by atoms with van der Waals surface area (Å²) in [6, 6.07) is 12.3. The summed E-state index contributed by atoms with van der Waals surface area (Å²) in [6.07, 6.45) is 5.52. The maximum atomic E-state index is 12.1. The second kappa shape index (κ2) is 9.38. The fourth-order valence-electron chi connectivity index (χ4n) is 3.72. The number of methoxy groups -OCH3 is 2. The molecule has 2 aromatic carbocycles. The maximum Gasteiger partial charge on any atom is 0.175 e. The Bertz CT molecular complexity index is 1500. The van der Waals surface area contributed by atoms with Crippen LogP contribution in [-0.2, 0) is 21.2 Å². The minimum atomic E-state index is -3.42. The number of nitrogens with zero attached hydrogens (tertiary/aromatic N) is 3. The first-order valence-electron chi connectivity index (χ1n) is 10.1. The minimum Gasteiger partial charge on any atom is -0.493 e. The van der Waals surface area contributed by atoms with Gasteiger partial charge in [-0.1, -0.05) is 30.4 Å². The van der Waals surface area contributed by atoms with Crippen LogP contribution in [0, 0.1) is 11.3 Å². The molecule has 0 aliphatic heterocycles. The molecule has 0 amide bonds. The van der Waals surface area contributed by atoms with E-state index in [1.807, 2.05) is 0 Å². The summed E-state index contributed by atoms with van der Waals surface area (Å²) in [4.78, 5) is 4.96. The second-order valence-corrected chi connectivity index (χ2v) is 9.97. The SMILES string of the molecule is COc1cc2ncn(C3=CC(OCc4ccccc4S(C)(=O)=O)C(=S)C(C#N)=C3)c2cc1OC. The van der Waals surface area contributed by atoms with Gasteiger partial charge in [-0.25, -0.2) is 13.4 Å². The van der Waals surface area contributed by atoms with Gasteiger partial charge in [-0.2, -0.15) is 5.26 Å². The summed E-state index contributed by atoms with van der Waals surface area (Å²) in [5.41, 5.74) is 2.86. The highest BCUT2D eigenvalue weighted by Crippen LogP contribution is 2.34. The van der Waals surface area contributed by atoms with Crippen molar-refractivity contribution < 1.29 is 22.6 Å². The molecule has 1 aromatic heterocycles. The van der Waals surface area contributed by atoms with Gasteiger partial charge in [-0.3, -0.25) is 4.57 Å². The van der Waals surface area contributed by atoms with E-state index < -0.39 is 15.9 Å². The van der Waals surface area contributed by atoms with Crippen LogP contribution in [0.1, 0.15) is 5.56 Å². The van der Waals surface area contributed by atoms with Crippen LogP contribution < -0.4 is 9.47 Å². The number of rotatable bonds is 7. The normalized spacial score (nSPS) is 16.1. The predicted molar refractivity (Wildman–Crippen MR) is 132 cm³/mol. The zero-order valence-corrected chi connectivity index (χ0v) is 20.3. The monoisotopic (exact) mass is 495 g/mol. The molecule has 34 heavy (non-hydrogen) atoms. The maximum absolute atomic E-state index is 12.1. The van der Waals surface area contributed by atoms with Gasteiger partial charge in [0.05, 0.1) is 47.2 Å². The molecule has 10 heteroatoms. The lowest BCUT2D eigenvalue weighted by Gasteiger charge is -2.22. The molecular weight excluding hydrogens is 474 g/mol. The number of thiocarbonyl (C=S) groups is 1. The van der Waals surface area contributed by atoms with Crippen molar-refractivity contribution in [2.45, 2.75) is 17.6 Å². The molecule has 0 spiro atoms. The Morgan fingerprint density at radius 3 is 2.56 bits per heavy atom. The van der Waals surface area contributed by atoms with Gasteiger partial charge in [-0.15, -0.1) is 0 Å². The fraction of sp³-hybridized carbons (Fsp3) is 0.208. The Labute approximate surface area is 202 Å². The molecule has 0 bridgehead atoms. The van der Waals surface area contributed by atoms with Gasteiger partial charge in [0.25, 0.3) is 0 Å². The summed E-state index contributed by atoms with van der Waals surface area (Å²) in [7, 11) is -0.322. The summed E-state index contributed by atoms with van der Waals surface area (Å²) < 4.78 is 42.8. The van der Waals surface area contributed by atoms with Crippen molar-refractivity contribution in [3.05, 3.63) is 66.0 Å². The standard InChI is InChI=1S/C24H21N3O5S2/c1-30-20-10-18-19(11-21(20)31-2)27(14-26-18)17-8-16(12-25)24(33)22(9-17)32-13-15-6-4-5-7-23(15)34(3,28)29/h4-11,14,22H,13H2,1-3H3. The Hall–Kier alpha value is -3.52. The van der Waals surface area contributed by atoms with Gasteiger partial charge < -0.3 is 14.2 Å². The van der Waals surface area contributed by atoms with E-state index in [2.05, 4.69) is 11.1 Å². The Kier molecular flexibility index (Phi) is 6.52. The van der Waals surface area contributed by atoms with Crippen molar-refractivity contribution in [2.24, 2.45) is 0 Å². The zero-order chi connectivity index (χ0) is 24.5. The van der Waals surface area contributed by atoms with Crippen molar-refractivity contribution in [1.82, 2.24) is 9.55 Å². The quantitative estimate of drug-likeness (QED) is 0.457. The third-order valence-corrected chi connectivity index (χ3v) is 7.03. The highest BCUT2D eigenvalue weighted by atomic mass is 32.2. The number of ether oxygens (including phenoxy) is 3. The summed E-state index contributed by atoms with van der Waals surface area (Å²) in [5.74, 6) is 1.09. The second-order valence-electron chi connectivity index (χ2n) is 7.55. The van der Waals surface area contributed by atoms with E-state index in [0.29, 0.717) is 33.1 Å². The van der Waals surface area contributed by atoms with E-state index in [4.69, 9.17) is 26.4 Å². The lowest BCUT2D eigenvalue weighted by molar-refractivity contribution is 0.113. The molecule has 1 heterocycles. The summed E-state index contributed by atoms with van der Waals surface area (Å²) in [6.45, 7) is 0.00619. The van der Waals surface area contributed by atoms with E-state index in [9.17, 15) is 13.7 Å². The highest BCUT2D eigenvalue weighted by Gasteiger charge is 2.25. The number of allylic oxidation sites excluding steroid dienone is 2. The van der Waals surface area contributed by atoms with E-state index in [0.717, 1.165) is 11.8 Å². The predicted octanol–water partition coefficient (Wildman–Crippen LogP) is 3.72. The molecule has 1 aliphatic carbocycles. The summed E-state index contributed by atoms with van der Waals surface area (Å²) >= 11 is 5.48. The number of hydrogen-bond acceptors (Lipinski definition) is 8. The topological polar surface area (TPSA) is 103 Å². The lowest BCUT2D eigenvalue weighted by atomic mass is 10.0. The average molecular weight is 496 g/mol. The largest absolute Gasteiger partial charge is 0.493 e. The molecule has 0 fully saturated rings. The Morgan fingerprint density at radius 2 is 1.88 bits per heavy atom. The van der Waals surface area contributed by atoms with Crippen LogP contribution >= 0.6 is 12.2 Å². The molecule has 1 aliphatic rings. The number of imidazole rings is 1. The lowest BCUT2D eigenvalue weighted by Crippen LogP contribution is -2.26. The first-order valence-corrected chi connectivity index (χ1v) is 12.4. The van der Waals surface area contributed by atoms with Crippen molar-refractivity contribution in [3.8, 4) is 17.6 Å². The van der Waals surface area contributed by atoms with Crippen LogP contribution in [-0.4, -0.2) is 49.4 Å². The Balaban J connectivity index is 1.72. The van der Waals surface area contributed by atoms with Crippen molar-refractivity contribution in [1.29, 1.82) is 5.26 Å². The first kappa shape index (κ1) is 23.6.